The Hall–Kier alpha value is -1.64. The highest BCUT2D eigenvalue weighted by Crippen LogP contribution is 2.35. The van der Waals surface area contributed by atoms with Crippen molar-refractivity contribution in [2.24, 2.45) is 0 Å². The largest absolute Gasteiger partial charge is 0.331 e. The lowest BCUT2D eigenvalue weighted by molar-refractivity contribution is 0.119. The van der Waals surface area contributed by atoms with Crippen molar-refractivity contribution in [3.05, 3.63) is 45.9 Å². The Balaban J connectivity index is 1.13. The van der Waals surface area contributed by atoms with Crippen molar-refractivity contribution in [1.82, 2.24) is 29.1 Å². The number of rotatable bonds is 6. The zero-order chi connectivity index (χ0) is 18.9. The number of thioether (sulfide) groups is 1. The molecule has 5 rings (SSSR count). The number of piperazine rings is 1. The fourth-order valence-electron chi connectivity index (χ4n) is 4.17. The molecule has 0 aromatic carbocycles. The second kappa shape index (κ2) is 8.00. The second-order valence-corrected chi connectivity index (χ2v) is 9.19. The topological polar surface area (TPSA) is 59.2 Å². The van der Waals surface area contributed by atoms with E-state index in [1.54, 1.807) is 10.7 Å². The lowest BCUT2D eigenvalue weighted by Gasteiger charge is -2.34. The summed E-state index contributed by atoms with van der Waals surface area (Å²) in [6.45, 7) is 6.72. The third kappa shape index (κ3) is 4.04. The van der Waals surface area contributed by atoms with Gasteiger partial charge in [0.2, 0.25) is 0 Å². The van der Waals surface area contributed by atoms with Crippen LogP contribution in [0, 0.1) is 0 Å². The minimum atomic E-state index is 0.0480. The average molecular weight is 401 g/mol. The quantitative estimate of drug-likeness (QED) is 0.730. The minimum absolute atomic E-state index is 0.0480. The van der Waals surface area contributed by atoms with Crippen LogP contribution in [0.3, 0.4) is 0 Å². The van der Waals surface area contributed by atoms with Crippen LogP contribution in [-0.4, -0.2) is 67.6 Å². The van der Waals surface area contributed by atoms with E-state index in [2.05, 4.69) is 30.6 Å². The van der Waals surface area contributed by atoms with E-state index in [1.165, 1.54) is 18.7 Å². The molecule has 2 aromatic heterocycles. The molecule has 8 heteroatoms. The SMILES string of the molecule is O=c1cc2c(nn1CCN1CCN(Cc3nccn3C3CC3)CC1)CCSC2. The first kappa shape index (κ1) is 18.4. The Morgan fingerprint density at radius 2 is 1.93 bits per heavy atom. The van der Waals surface area contributed by atoms with Crippen LogP contribution in [0.4, 0.5) is 0 Å². The molecule has 0 unspecified atom stereocenters. The van der Waals surface area contributed by atoms with E-state index in [0.29, 0.717) is 12.6 Å². The smallest absolute Gasteiger partial charge is 0.267 e. The van der Waals surface area contributed by atoms with E-state index < -0.39 is 0 Å². The minimum Gasteiger partial charge on any atom is -0.331 e. The van der Waals surface area contributed by atoms with E-state index in [1.807, 2.05) is 18.0 Å². The number of nitrogens with zero attached hydrogens (tertiary/aromatic N) is 6. The fourth-order valence-corrected chi connectivity index (χ4v) is 5.12. The summed E-state index contributed by atoms with van der Waals surface area (Å²) in [6.07, 6.45) is 7.64. The van der Waals surface area contributed by atoms with Crippen molar-refractivity contribution in [3.8, 4) is 0 Å². The van der Waals surface area contributed by atoms with Crippen molar-refractivity contribution in [1.29, 1.82) is 0 Å². The predicted octanol–water partition coefficient (Wildman–Crippen LogP) is 1.38. The van der Waals surface area contributed by atoms with Gasteiger partial charge in [-0.1, -0.05) is 0 Å². The summed E-state index contributed by atoms with van der Waals surface area (Å²) < 4.78 is 4.03. The first-order chi connectivity index (χ1) is 13.8. The van der Waals surface area contributed by atoms with Gasteiger partial charge >= 0.3 is 0 Å². The highest BCUT2D eigenvalue weighted by atomic mass is 32.2. The molecule has 0 bridgehead atoms. The number of hydrogen-bond donors (Lipinski definition) is 0. The van der Waals surface area contributed by atoms with Crippen molar-refractivity contribution >= 4 is 11.8 Å². The Morgan fingerprint density at radius 3 is 2.75 bits per heavy atom. The van der Waals surface area contributed by atoms with Crippen LogP contribution in [0.5, 0.6) is 0 Å². The van der Waals surface area contributed by atoms with Gasteiger partial charge in [-0.3, -0.25) is 14.6 Å². The number of aryl methyl sites for hydroxylation is 1. The molecule has 150 valence electrons. The molecule has 1 aliphatic carbocycles. The summed E-state index contributed by atoms with van der Waals surface area (Å²) in [6, 6.07) is 2.49. The van der Waals surface area contributed by atoms with Crippen LogP contribution < -0.4 is 5.56 Å². The van der Waals surface area contributed by atoms with Crippen molar-refractivity contribution in [3.63, 3.8) is 0 Å². The van der Waals surface area contributed by atoms with Crippen LogP contribution in [0.15, 0.2) is 23.3 Å². The molecule has 28 heavy (non-hydrogen) atoms. The molecule has 0 amide bonds. The standard InChI is InChI=1S/C20H28N6OS/c27-20-13-16-15-28-12-3-18(16)22-26(20)11-10-23-6-8-24(9-7-23)14-19-21-4-5-25(19)17-1-2-17/h4-5,13,17H,1-3,6-12,14-15H2. The normalized spacial score (nSPS) is 21.0. The molecule has 2 fully saturated rings. The van der Waals surface area contributed by atoms with Crippen LogP contribution in [0.1, 0.15) is 36.0 Å². The van der Waals surface area contributed by atoms with Crippen LogP contribution in [0.25, 0.3) is 0 Å². The fraction of sp³-hybridized carbons (Fsp3) is 0.650. The summed E-state index contributed by atoms with van der Waals surface area (Å²) in [4.78, 5) is 21.9. The third-order valence-corrected chi connectivity index (χ3v) is 7.06. The molecule has 2 aromatic rings. The van der Waals surface area contributed by atoms with E-state index in [0.717, 1.165) is 68.5 Å². The van der Waals surface area contributed by atoms with Gasteiger partial charge in [-0.25, -0.2) is 9.67 Å². The summed E-state index contributed by atoms with van der Waals surface area (Å²) in [5.74, 6) is 3.25. The van der Waals surface area contributed by atoms with Crippen molar-refractivity contribution in [2.45, 2.75) is 44.1 Å². The van der Waals surface area contributed by atoms with Gasteiger partial charge in [0, 0.05) is 69.4 Å². The van der Waals surface area contributed by atoms with Gasteiger partial charge in [-0.05, 0) is 24.2 Å². The van der Waals surface area contributed by atoms with E-state index >= 15 is 0 Å². The van der Waals surface area contributed by atoms with Crippen LogP contribution in [0.2, 0.25) is 0 Å². The summed E-state index contributed by atoms with van der Waals surface area (Å²) >= 11 is 1.89. The summed E-state index contributed by atoms with van der Waals surface area (Å²) in [5, 5.41) is 4.64. The molecule has 1 saturated heterocycles. The maximum atomic E-state index is 12.3. The van der Waals surface area contributed by atoms with Gasteiger partial charge in [0.25, 0.3) is 5.56 Å². The van der Waals surface area contributed by atoms with E-state index in [-0.39, 0.29) is 5.56 Å². The molecule has 0 atom stereocenters. The first-order valence-corrected chi connectivity index (χ1v) is 11.6. The van der Waals surface area contributed by atoms with Gasteiger partial charge in [0.1, 0.15) is 5.82 Å². The predicted molar refractivity (Wildman–Crippen MR) is 111 cm³/mol. The van der Waals surface area contributed by atoms with Gasteiger partial charge in [-0.15, -0.1) is 0 Å². The highest BCUT2D eigenvalue weighted by molar-refractivity contribution is 7.98. The van der Waals surface area contributed by atoms with Gasteiger partial charge in [0.05, 0.1) is 18.8 Å². The number of aromatic nitrogens is 4. The molecule has 2 aliphatic heterocycles. The summed E-state index contributed by atoms with van der Waals surface area (Å²) in [5.41, 5.74) is 2.30. The molecule has 0 radical (unpaired) electrons. The van der Waals surface area contributed by atoms with Crippen LogP contribution in [-0.2, 0) is 25.3 Å². The zero-order valence-corrected chi connectivity index (χ0v) is 17.1. The molecule has 0 N–H and O–H groups in total. The number of imidazole rings is 1. The zero-order valence-electron chi connectivity index (χ0n) is 16.3. The highest BCUT2D eigenvalue weighted by Gasteiger charge is 2.26. The Kier molecular flexibility index (Phi) is 5.26. The Labute approximate surface area is 169 Å². The molecule has 4 heterocycles. The summed E-state index contributed by atoms with van der Waals surface area (Å²) in [7, 11) is 0. The lowest BCUT2D eigenvalue weighted by atomic mass is 10.2. The molecular weight excluding hydrogens is 372 g/mol. The monoisotopic (exact) mass is 400 g/mol. The molecule has 1 saturated carbocycles. The van der Waals surface area contributed by atoms with E-state index in [4.69, 9.17) is 0 Å². The lowest BCUT2D eigenvalue weighted by Crippen LogP contribution is -2.47. The number of hydrogen-bond acceptors (Lipinski definition) is 6. The average Bonchev–Trinajstić information content (AvgIpc) is 3.46. The maximum absolute atomic E-state index is 12.3. The van der Waals surface area contributed by atoms with Crippen molar-refractivity contribution in [2.75, 3.05) is 38.5 Å². The molecule has 3 aliphatic rings. The maximum Gasteiger partial charge on any atom is 0.267 e. The Bertz CT molecular complexity index is 881. The van der Waals surface area contributed by atoms with Crippen molar-refractivity contribution < 1.29 is 0 Å². The first-order valence-electron chi connectivity index (χ1n) is 10.4. The van der Waals surface area contributed by atoms with Gasteiger partial charge in [-0.2, -0.15) is 16.9 Å². The third-order valence-electron chi connectivity index (χ3n) is 6.05. The number of fused-ring (bicyclic) bond motifs is 1. The van der Waals surface area contributed by atoms with Gasteiger partial charge < -0.3 is 4.57 Å². The van der Waals surface area contributed by atoms with Gasteiger partial charge in [0.15, 0.2) is 0 Å². The second-order valence-electron chi connectivity index (χ2n) is 8.08. The van der Waals surface area contributed by atoms with Crippen LogP contribution >= 0.6 is 11.8 Å². The molecular formula is C20H28N6OS. The molecule has 0 spiro atoms. The Morgan fingerprint density at radius 1 is 1.11 bits per heavy atom. The molecule has 7 nitrogen and oxygen atoms in total. The van der Waals surface area contributed by atoms with E-state index in [9.17, 15) is 4.79 Å².